The van der Waals surface area contributed by atoms with Gasteiger partial charge in [-0.05, 0) is 70.4 Å². The Kier molecular flexibility index (Phi) is 6.18. The van der Waals surface area contributed by atoms with Gasteiger partial charge in [-0.2, -0.15) is 0 Å². The van der Waals surface area contributed by atoms with E-state index in [9.17, 15) is 18.0 Å². The van der Waals surface area contributed by atoms with E-state index >= 15 is 0 Å². The number of carbonyl (C=O) groups is 2. The predicted octanol–water partition coefficient (Wildman–Crippen LogP) is 5.86. The van der Waals surface area contributed by atoms with Gasteiger partial charge >= 0.3 is 0 Å². The lowest BCUT2D eigenvalue weighted by Gasteiger charge is -2.29. The zero-order valence-corrected chi connectivity index (χ0v) is 20.3. The standard InChI is InChI=1S/C26H29NO5S/c1-16-10-13-24(17(2)14-16)33(30,31)27(26(29)20-8-6-5-7-9-20)21-11-12-23-22(15-21)25(18(3)28)19(4)32-23/h10-15,20H,5-9H2,1-4H3. The van der Waals surface area contributed by atoms with Crippen molar-refractivity contribution in [3.63, 3.8) is 0 Å². The molecule has 1 fully saturated rings. The average Bonchev–Trinajstić information content (AvgIpc) is 3.09. The van der Waals surface area contributed by atoms with Gasteiger partial charge in [-0.15, -0.1) is 0 Å². The van der Waals surface area contributed by atoms with Gasteiger partial charge in [0.1, 0.15) is 11.3 Å². The van der Waals surface area contributed by atoms with Crippen molar-refractivity contribution in [3.05, 3.63) is 58.8 Å². The Bertz CT molecular complexity index is 1350. The van der Waals surface area contributed by atoms with Gasteiger partial charge in [-0.1, -0.05) is 37.0 Å². The number of hydrogen-bond donors (Lipinski definition) is 0. The summed E-state index contributed by atoms with van der Waals surface area (Å²) in [5, 5.41) is 0.509. The van der Waals surface area contributed by atoms with Crippen molar-refractivity contribution in [2.75, 3.05) is 4.31 Å². The molecule has 0 radical (unpaired) electrons. The van der Waals surface area contributed by atoms with Crippen LogP contribution in [-0.4, -0.2) is 20.1 Å². The van der Waals surface area contributed by atoms with Crippen molar-refractivity contribution >= 4 is 38.4 Å². The average molecular weight is 468 g/mol. The number of anilines is 1. The number of nitrogens with zero attached hydrogens (tertiary/aromatic N) is 1. The summed E-state index contributed by atoms with van der Waals surface area (Å²) in [7, 11) is -4.18. The fourth-order valence-electron chi connectivity index (χ4n) is 4.86. The summed E-state index contributed by atoms with van der Waals surface area (Å²) in [5.41, 5.74) is 2.64. The third kappa shape index (κ3) is 4.22. The number of Topliss-reactive ketones (excluding diaryl/α,β-unsaturated/α-hetero) is 1. The molecule has 1 amide bonds. The first kappa shape index (κ1) is 23.2. The molecule has 4 rings (SSSR count). The molecular weight excluding hydrogens is 438 g/mol. The van der Waals surface area contributed by atoms with Crippen LogP contribution in [0.25, 0.3) is 11.0 Å². The van der Waals surface area contributed by atoms with E-state index in [-0.39, 0.29) is 22.3 Å². The molecule has 1 saturated carbocycles. The van der Waals surface area contributed by atoms with Crippen LogP contribution in [-0.2, 0) is 14.8 Å². The molecule has 0 aliphatic heterocycles. The number of ketones is 1. The van der Waals surface area contributed by atoms with E-state index in [0.29, 0.717) is 40.7 Å². The first-order valence-electron chi connectivity index (χ1n) is 11.3. The smallest absolute Gasteiger partial charge is 0.271 e. The number of hydrogen-bond acceptors (Lipinski definition) is 5. The third-order valence-electron chi connectivity index (χ3n) is 6.44. The lowest BCUT2D eigenvalue weighted by atomic mass is 9.88. The lowest BCUT2D eigenvalue weighted by molar-refractivity contribution is -0.122. The molecule has 3 aromatic rings. The maximum absolute atomic E-state index is 13.9. The fourth-order valence-corrected chi connectivity index (χ4v) is 6.54. The molecule has 33 heavy (non-hydrogen) atoms. The van der Waals surface area contributed by atoms with Gasteiger partial charge in [0.15, 0.2) is 5.78 Å². The molecule has 174 valence electrons. The van der Waals surface area contributed by atoms with Gasteiger partial charge < -0.3 is 4.42 Å². The van der Waals surface area contributed by atoms with E-state index < -0.39 is 15.9 Å². The zero-order chi connectivity index (χ0) is 23.9. The van der Waals surface area contributed by atoms with Gasteiger partial charge in [0.2, 0.25) is 5.91 Å². The summed E-state index contributed by atoms with van der Waals surface area (Å²) >= 11 is 0. The van der Waals surface area contributed by atoms with E-state index in [1.165, 1.54) is 6.92 Å². The van der Waals surface area contributed by atoms with Gasteiger partial charge in [0.25, 0.3) is 10.0 Å². The summed E-state index contributed by atoms with van der Waals surface area (Å²) in [6.07, 6.45) is 4.20. The molecule has 7 heteroatoms. The summed E-state index contributed by atoms with van der Waals surface area (Å²) in [4.78, 5) is 26.1. The number of benzene rings is 2. The van der Waals surface area contributed by atoms with Crippen molar-refractivity contribution in [3.8, 4) is 0 Å². The number of aryl methyl sites for hydroxylation is 3. The van der Waals surface area contributed by atoms with Crippen LogP contribution in [0, 0.1) is 26.7 Å². The van der Waals surface area contributed by atoms with Crippen molar-refractivity contribution in [1.29, 1.82) is 0 Å². The Hall–Kier alpha value is -2.93. The quantitative estimate of drug-likeness (QED) is 0.439. The SMILES string of the molecule is CC(=O)c1c(C)oc2ccc(N(C(=O)C3CCCCC3)S(=O)(=O)c3ccc(C)cc3C)cc12. The normalized spacial score (nSPS) is 15.0. The highest BCUT2D eigenvalue weighted by molar-refractivity contribution is 7.93. The highest BCUT2D eigenvalue weighted by Crippen LogP contribution is 2.36. The molecule has 1 heterocycles. The minimum absolute atomic E-state index is 0.104. The van der Waals surface area contributed by atoms with Crippen LogP contribution in [0.1, 0.15) is 66.3 Å². The number of furan rings is 1. The van der Waals surface area contributed by atoms with Crippen molar-refractivity contribution < 1.29 is 22.4 Å². The molecule has 0 saturated heterocycles. The Morgan fingerprint density at radius 3 is 2.30 bits per heavy atom. The highest BCUT2D eigenvalue weighted by Gasteiger charge is 2.37. The van der Waals surface area contributed by atoms with Crippen molar-refractivity contribution in [2.24, 2.45) is 5.92 Å². The summed E-state index contributed by atoms with van der Waals surface area (Å²) < 4.78 is 34.5. The molecule has 0 spiro atoms. The van der Waals surface area contributed by atoms with Crippen LogP contribution in [0.15, 0.2) is 45.7 Å². The molecule has 0 atom stereocenters. The van der Waals surface area contributed by atoms with E-state index in [2.05, 4.69) is 0 Å². The first-order valence-corrected chi connectivity index (χ1v) is 12.8. The van der Waals surface area contributed by atoms with Crippen LogP contribution >= 0.6 is 0 Å². The molecular formula is C26H29NO5S. The molecule has 1 aliphatic carbocycles. The Morgan fingerprint density at radius 2 is 1.67 bits per heavy atom. The minimum Gasteiger partial charge on any atom is -0.461 e. The molecule has 0 N–H and O–H groups in total. The zero-order valence-electron chi connectivity index (χ0n) is 19.5. The van der Waals surface area contributed by atoms with Crippen LogP contribution in [0.5, 0.6) is 0 Å². The Morgan fingerprint density at radius 1 is 0.970 bits per heavy atom. The molecule has 0 bridgehead atoms. The van der Waals surface area contributed by atoms with E-state index in [1.807, 2.05) is 6.92 Å². The van der Waals surface area contributed by atoms with Crippen LogP contribution in [0.3, 0.4) is 0 Å². The number of rotatable bonds is 5. The van der Waals surface area contributed by atoms with Crippen LogP contribution < -0.4 is 4.31 Å². The molecule has 1 aliphatic rings. The number of fused-ring (bicyclic) bond motifs is 1. The van der Waals surface area contributed by atoms with Gasteiger partial charge in [-0.25, -0.2) is 12.7 Å². The number of amides is 1. The second kappa shape index (κ2) is 8.78. The molecule has 1 aromatic heterocycles. The lowest BCUT2D eigenvalue weighted by Crippen LogP contribution is -2.41. The highest BCUT2D eigenvalue weighted by atomic mass is 32.2. The summed E-state index contributed by atoms with van der Waals surface area (Å²) in [6, 6.07) is 9.89. The van der Waals surface area contributed by atoms with Crippen LogP contribution in [0.2, 0.25) is 0 Å². The predicted molar refractivity (Wildman–Crippen MR) is 128 cm³/mol. The molecule has 0 unspecified atom stereocenters. The molecule has 6 nitrogen and oxygen atoms in total. The van der Waals surface area contributed by atoms with E-state index in [0.717, 1.165) is 29.1 Å². The Labute approximate surface area is 194 Å². The second-order valence-electron chi connectivity index (χ2n) is 8.98. The second-order valence-corrected chi connectivity index (χ2v) is 10.7. The van der Waals surface area contributed by atoms with Crippen molar-refractivity contribution in [1.82, 2.24) is 0 Å². The first-order chi connectivity index (χ1) is 15.6. The van der Waals surface area contributed by atoms with E-state index in [1.54, 1.807) is 50.2 Å². The Balaban J connectivity index is 1.92. The summed E-state index contributed by atoms with van der Waals surface area (Å²) in [6.45, 7) is 6.78. The molecule has 2 aromatic carbocycles. The monoisotopic (exact) mass is 467 g/mol. The third-order valence-corrected chi connectivity index (χ3v) is 8.32. The number of carbonyl (C=O) groups excluding carboxylic acids is 2. The van der Waals surface area contributed by atoms with Gasteiger partial charge in [-0.3, -0.25) is 9.59 Å². The van der Waals surface area contributed by atoms with Gasteiger partial charge in [0, 0.05) is 11.3 Å². The number of sulfonamides is 1. The summed E-state index contributed by atoms with van der Waals surface area (Å²) in [5.74, 6) is -0.477. The maximum Gasteiger partial charge on any atom is 0.271 e. The fraction of sp³-hybridized carbons (Fsp3) is 0.385. The topological polar surface area (TPSA) is 84.7 Å². The van der Waals surface area contributed by atoms with E-state index in [4.69, 9.17) is 4.42 Å². The van der Waals surface area contributed by atoms with Gasteiger partial charge in [0.05, 0.1) is 16.1 Å². The van der Waals surface area contributed by atoms with Crippen molar-refractivity contribution in [2.45, 2.75) is 64.7 Å². The minimum atomic E-state index is -4.18. The van der Waals surface area contributed by atoms with Crippen LogP contribution in [0.4, 0.5) is 5.69 Å². The maximum atomic E-state index is 13.9. The largest absolute Gasteiger partial charge is 0.461 e.